The highest BCUT2D eigenvalue weighted by molar-refractivity contribution is 7.09. The Hall–Kier alpha value is -0.450. The minimum absolute atomic E-state index is 0.0742. The predicted octanol–water partition coefficient (Wildman–Crippen LogP) is 2.48. The summed E-state index contributed by atoms with van der Waals surface area (Å²) in [5.41, 5.74) is 1.02. The fraction of sp³-hybridized carbons (Fsp3) is 0.769. The second-order valence-corrected chi connectivity index (χ2v) is 6.41. The number of hydrogen-bond donors (Lipinski definition) is 2. The smallest absolute Gasteiger partial charge is 0.0897 e. The van der Waals surface area contributed by atoms with Crippen LogP contribution in [-0.4, -0.2) is 22.2 Å². The highest BCUT2D eigenvalue weighted by atomic mass is 32.1. The Balaban J connectivity index is 1.94. The Labute approximate surface area is 107 Å². The van der Waals surface area contributed by atoms with Gasteiger partial charge >= 0.3 is 0 Å². The minimum Gasteiger partial charge on any atom is -0.394 e. The number of thiazole rings is 1. The molecule has 1 aliphatic rings. The van der Waals surface area contributed by atoms with Crippen LogP contribution in [0.4, 0.5) is 0 Å². The molecule has 1 aliphatic carbocycles. The lowest BCUT2D eigenvalue weighted by molar-refractivity contribution is 0.0979. The normalized spacial score (nSPS) is 29.5. The summed E-state index contributed by atoms with van der Waals surface area (Å²) in [5, 5.41) is 16.4. The van der Waals surface area contributed by atoms with E-state index in [1.54, 1.807) is 11.3 Å². The molecule has 0 bridgehead atoms. The molecule has 0 aliphatic heterocycles. The molecule has 0 amide bonds. The van der Waals surface area contributed by atoms with E-state index in [0.717, 1.165) is 30.1 Å². The van der Waals surface area contributed by atoms with Gasteiger partial charge < -0.3 is 10.4 Å². The van der Waals surface area contributed by atoms with Gasteiger partial charge in [0.25, 0.3) is 0 Å². The third-order valence-corrected chi connectivity index (χ3v) is 4.53. The molecule has 2 N–H and O–H groups in total. The summed E-state index contributed by atoms with van der Waals surface area (Å²) in [5.74, 6) is 0.709. The fourth-order valence-electron chi connectivity index (χ4n) is 2.79. The van der Waals surface area contributed by atoms with Crippen molar-refractivity contribution in [3.8, 4) is 0 Å². The van der Waals surface area contributed by atoms with Gasteiger partial charge in [-0.1, -0.05) is 19.8 Å². The van der Waals surface area contributed by atoms with Gasteiger partial charge in [-0.15, -0.1) is 11.3 Å². The lowest BCUT2D eigenvalue weighted by Crippen LogP contribution is -2.51. The van der Waals surface area contributed by atoms with Crippen molar-refractivity contribution in [2.24, 2.45) is 5.92 Å². The van der Waals surface area contributed by atoms with Gasteiger partial charge in [-0.2, -0.15) is 0 Å². The second-order valence-electron chi connectivity index (χ2n) is 5.35. The fourth-order valence-corrected chi connectivity index (χ4v) is 3.40. The number of rotatable bonds is 4. The van der Waals surface area contributed by atoms with Crippen LogP contribution in [0.2, 0.25) is 0 Å². The molecule has 0 radical (unpaired) electrons. The van der Waals surface area contributed by atoms with E-state index in [0.29, 0.717) is 5.92 Å². The molecular weight excluding hydrogens is 232 g/mol. The summed E-state index contributed by atoms with van der Waals surface area (Å²) in [7, 11) is 0. The third-order valence-electron chi connectivity index (χ3n) is 3.71. The summed E-state index contributed by atoms with van der Waals surface area (Å²) in [6, 6.07) is 0. The highest BCUT2D eigenvalue weighted by Crippen LogP contribution is 2.32. The first-order valence-corrected chi connectivity index (χ1v) is 7.28. The van der Waals surface area contributed by atoms with Crippen molar-refractivity contribution in [1.82, 2.24) is 10.3 Å². The van der Waals surface area contributed by atoms with E-state index >= 15 is 0 Å². The SMILES string of the molecule is Cc1nc(CNC2(CO)CCCC(C)C2)cs1. The molecule has 0 spiro atoms. The molecule has 1 heterocycles. The highest BCUT2D eigenvalue weighted by Gasteiger charge is 2.33. The Morgan fingerprint density at radius 3 is 3.06 bits per heavy atom. The quantitative estimate of drug-likeness (QED) is 0.867. The summed E-state index contributed by atoms with van der Waals surface area (Å²) >= 11 is 1.68. The van der Waals surface area contributed by atoms with E-state index in [9.17, 15) is 5.11 Å². The molecule has 2 rings (SSSR count). The van der Waals surface area contributed by atoms with Gasteiger partial charge in [0.15, 0.2) is 0 Å². The van der Waals surface area contributed by atoms with Crippen LogP contribution in [0.5, 0.6) is 0 Å². The Bertz CT molecular complexity index is 366. The van der Waals surface area contributed by atoms with Crippen LogP contribution in [0.25, 0.3) is 0 Å². The van der Waals surface area contributed by atoms with Gasteiger partial charge in [0.1, 0.15) is 0 Å². The molecule has 2 unspecified atom stereocenters. The van der Waals surface area contributed by atoms with Crippen LogP contribution in [0.1, 0.15) is 43.3 Å². The van der Waals surface area contributed by atoms with Crippen molar-refractivity contribution in [3.05, 3.63) is 16.1 Å². The zero-order valence-corrected chi connectivity index (χ0v) is 11.5. The zero-order valence-electron chi connectivity index (χ0n) is 10.7. The van der Waals surface area contributed by atoms with Gasteiger partial charge in [-0.3, -0.25) is 0 Å². The van der Waals surface area contributed by atoms with E-state index in [4.69, 9.17) is 0 Å². The molecule has 1 saturated carbocycles. The summed E-state index contributed by atoms with van der Waals surface area (Å²) < 4.78 is 0. The molecule has 96 valence electrons. The molecule has 2 atom stereocenters. The van der Waals surface area contributed by atoms with Crippen LogP contribution in [0.3, 0.4) is 0 Å². The first-order valence-electron chi connectivity index (χ1n) is 6.40. The van der Waals surface area contributed by atoms with Gasteiger partial charge in [-0.05, 0) is 25.7 Å². The maximum Gasteiger partial charge on any atom is 0.0897 e. The Kier molecular flexibility index (Phi) is 4.17. The average molecular weight is 254 g/mol. The molecule has 1 fully saturated rings. The van der Waals surface area contributed by atoms with E-state index < -0.39 is 0 Å². The maximum atomic E-state index is 9.66. The molecule has 4 heteroatoms. The second kappa shape index (κ2) is 5.46. The zero-order chi connectivity index (χ0) is 12.3. The topological polar surface area (TPSA) is 45.2 Å². The summed E-state index contributed by atoms with van der Waals surface area (Å²) in [4.78, 5) is 4.45. The maximum absolute atomic E-state index is 9.66. The van der Waals surface area contributed by atoms with E-state index in [2.05, 4.69) is 22.6 Å². The monoisotopic (exact) mass is 254 g/mol. The number of nitrogens with zero attached hydrogens (tertiary/aromatic N) is 1. The van der Waals surface area contributed by atoms with Crippen molar-refractivity contribution >= 4 is 11.3 Å². The average Bonchev–Trinajstić information content (AvgIpc) is 2.73. The number of hydrogen-bond acceptors (Lipinski definition) is 4. The van der Waals surface area contributed by atoms with Crippen LogP contribution in [0, 0.1) is 12.8 Å². The van der Waals surface area contributed by atoms with Gasteiger partial charge in [0.2, 0.25) is 0 Å². The number of aliphatic hydroxyl groups is 1. The number of aryl methyl sites for hydroxylation is 1. The lowest BCUT2D eigenvalue weighted by atomic mass is 9.77. The van der Waals surface area contributed by atoms with E-state index in [1.807, 2.05) is 6.92 Å². The molecule has 1 aromatic heterocycles. The first kappa shape index (κ1) is 13.0. The predicted molar refractivity (Wildman–Crippen MR) is 71.1 cm³/mol. The Morgan fingerprint density at radius 2 is 2.47 bits per heavy atom. The van der Waals surface area contributed by atoms with Gasteiger partial charge in [0.05, 0.1) is 17.3 Å². The molecule has 0 aromatic carbocycles. The van der Waals surface area contributed by atoms with Crippen LogP contribution < -0.4 is 5.32 Å². The molecule has 0 saturated heterocycles. The number of nitrogens with one attached hydrogen (secondary N) is 1. The number of aliphatic hydroxyl groups excluding tert-OH is 1. The minimum atomic E-state index is -0.0742. The first-order chi connectivity index (χ1) is 8.13. The summed E-state index contributed by atoms with van der Waals surface area (Å²) in [6.45, 7) is 5.31. The standard InChI is InChI=1S/C13H22N2OS/c1-10-4-3-5-13(6-10,9-16)14-7-12-8-17-11(2)15-12/h8,10,14,16H,3-7,9H2,1-2H3. The third kappa shape index (κ3) is 3.27. The van der Waals surface area contributed by atoms with Crippen LogP contribution in [-0.2, 0) is 6.54 Å². The Morgan fingerprint density at radius 1 is 1.65 bits per heavy atom. The van der Waals surface area contributed by atoms with Gasteiger partial charge in [-0.25, -0.2) is 4.98 Å². The van der Waals surface area contributed by atoms with Crippen LogP contribution in [0.15, 0.2) is 5.38 Å². The van der Waals surface area contributed by atoms with Crippen LogP contribution >= 0.6 is 11.3 Å². The van der Waals surface area contributed by atoms with Gasteiger partial charge in [0, 0.05) is 17.5 Å². The lowest BCUT2D eigenvalue weighted by Gasteiger charge is -2.39. The van der Waals surface area contributed by atoms with E-state index in [1.165, 1.54) is 12.8 Å². The number of aromatic nitrogens is 1. The largest absolute Gasteiger partial charge is 0.394 e. The molecule has 1 aromatic rings. The summed E-state index contributed by atoms with van der Waals surface area (Å²) in [6.07, 6.45) is 4.66. The van der Waals surface area contributed by atoms with Crippen molar-refractivity contribution in [3.63, 3.8) is 0 Å². The van der Waals surface area contributed by atoms with E-state index in [-0.39, 0.29) is 12.1 Å². The molecule has 17 heavy (non-hydrogen) atoms. The van der Waals surface area contributed by atoms with Crippen molar-refractivity contribution < 1.29 is 5.11 Å². The van der Waals surface area contributed by atoms with Crippen molar-refractivity contribution in [2.45, 2.75) is 51.6 Å². The van der Waals surface area contributed by atoms with Crippen molar-refractivity contribution in [1.29, 1.82) is 0 Å². The van der Waals surface area contributed by atoms with Crippen molar-refractivity contribution in [2.75, 3.05) is 6.61 Å². The molecule has 3 nitrogen and oxygen atoms in total. The molecular formula is C13H22N2OS.